The third kappa shape index (κ3) is 2.18. The fourth-order valence-electron chi connectivity index (χ4n) is 8.88. The second kappa shape index (κ2) is 5.83. The van der Waals surface area contributed by atoms with Gasteiger partial charge >= 0.3 is 0 Å². The van der Waals surface area contributed by atoms with Gasteiger partial charge in [0.05, 0.1) is 0 Å². The summed E-state index contributed by atoms with van der Waals surface area (Å²) >= 11 is 0. The highest BCUT2D eigenvalue weighted by atomic mass is 15.2. The van der Waals surface area contributed by atoms with Crippen LogP contribution in [-0.2, 0) is 0 Å². The topological polar surface area (TPSA) is 6.48 Å². The zero-order valence-electron chi connectivity index (χ0n) is 17.8. The highest BCUT2D eigenvalue weighted by Crippen LogP contribution is 2.68. The Morgan fingerprint density at radius 2 is 1.81 bits per heavy atom. The third-order valence-corrected chi connectivity index (χ3v) is 10.4. The molecule has 1 spiro atoms. The fourth-order valence-corrected chi connectivity index (χ4v) is 8.88. The SMILES string of the molecule is C[C@H]1C2CCC3[C@@H]4CC=C5C[C@@H](N(C)C)CC[C@]5(C)[C@H]4CC[C@@]32CN1C. The molecule has 1 aliphatic heterocycles. The van der Waals surface area contributed by atoms with Crippen molar-refractivity contribution >= 4 is 0 Å². The van der Waals surface area contributed by atoms with Crippen LogP contribution in [0.5, 0.6) is 0 Å². The van der Waals surface area contributed by atoms with Crippen LogP contribution in [0.25, 0.3) is 0 Å². The van der Waals surface area contributed by atoms with E-state index in [1.54, 1.807) is 0 Å². The van der Waals surface area contributed by atoms with Crippen molar-refractivity contribution in [2.75, 3.05) is 27.7 Å². The minimum Gasteiger partial charge on any atom is -0.306 e. The molecule has 0 N–H and O–H groups in total. The molecule has 4 aliphatic carbocycles. The first kappa shape index (κ1) is 17.7. The van der Waals surface area contributed by atoms with E-state index < -0.39 is 0 Å². The van der Waals surface area contributed by atoms with E-state index in [1.807, 2.05) is 5.57 Å². The van der Waals surface area contributed by atoms with Gasteiger partial charge in [-0.05, 0) is 114 Å². The fraction of sp³-hybridized carbons (Fsp3) is 0.917. The number of hydrogen-bond acceptors (Lipinski definition) is 2. The maximum absolute atomic E-state index is 2.74. The minimum absolute atomic E-state index is 0.519. The molecule has 1 saturated heterocycles. The van der Waals surface area contributed by atoms with Crippen LogP contribution in [-0.4, -0.2) is 49.6 Å². The van der Waals surface area contributed by atoms with Crippen molar-refractivity contribution in [2.45, 2.75) is 77.3 Å². The summed E-state index contributed by atoms with van der Waals surface area (Å²) in [4.78, 5) is 5.17. The Kier molecular flexibility index (Phi) is 3.98. The summed E-state index contributed by atoms with van der Waals surface area (Å²) in [5.74, 6) is 3.96. The summed E-state index contributed by atoms with van der Waals surface area (Å²) < 4.78 is 0. The van der Waals surface area contributed by atoms with Crippen molar-refractivity contribution in [1.29, 1.82) is 0 Å². The zero-order chi connectivity index (χ0) is 18.3. The molecule has 8 atom stereocenters. The largest absolute Gasteiger partial charge is 0.306 e. The van der Waals surface area contributed by atoms with Crippen molar-refractivity contribution in [2.24, 2.45) is 34.5 Å². The highest BCUT2D eigenvalue weighted by Gasteiger charge is 2.63. The molecule has 0 aromatic carbocycles. The van der Waals surface area contributed by atoms with Crippen LogP contribution >= 0.6 is 0 Å². The molecule has 2 heteroatoms. The number of hydrogen-bond donors (Lipinski definition) is 0. The van der Waals surface area contributed by atoms with Crippen LogP contribution < -0.4 is 0 Å². The summed E-state index contributed by atoms with van der Waals surface area (Å²) in [5.41, 5.74) is 3.04. The van der Waals surface area contributed by atoms with E-state index >= 15 is 0 Å². The van der Waals surface area contributed by atoms with Gasteiger partial charge in [0.25, 0.3) is 0 Å². The van der Waals surface area contributed by atoms with Gasteiger partial charge in [-0.2, -0.15) is 0 Å². The lowest BCUT2D eigenvalue weighted by Gasteiger charge is -2.58. The molecule has 0 bridgehead atoms. The molecular weight excluding hydrogens is 316 g/mol. The average Bonchev–Trinajstić information content (AvgIpc) is 3.08. The molecule has 5 aliphatic rings. The van der Waals surface area contributed by atoms with Gasteiger partial charge in [0.15, 0.2) is 0 Å². The second-order valence-corrected chi connectivity index (χ2v) is 11.2. The standard InChI is InChI=1S/C24H40N2/c1-16-20-8-9-22-19-7-6-17-14-18(25(3)4)10-12-23(17,2)21(19)11-13-24(20,22)15-26(16)5/h6,16,18-22H,7-15H2,1-5H3/t16-,18-,19+,20?,21-,22?,23-,24-/m0/s1. The van der Waals surface area contributed by atoms with Crippen LogP contribution in [0.15, 0.2) is 11.6 Å². The molecule has 2 unspecified atom stereocenters. The van der Waals surface area contributed by atoms with Crippen molar-refractivity contribution in [1.82, 2.24) is 9.80 Å². The summed E-state index contributed by atoms with van der Waals surface area (Å²) in [6, 6.07) is 1.60. The van der Waals surface area contributed by atoms with Crippen LogP contribution in [0.1, 0.15) is 65.2 Å². The molecule has 0 radical (unpaired) electrons. The quantitative estimate of drug-likeness (QED) is 0.622. The normalized spacial score (nSPS) is 53.7. The molecule has 0 amide bonds. The van der Waals surface area contributed by atoms with Crippen molar-refractivity contribution in [3.63, 3.8) is 0 Å². The number of rotatable bonds is 1. The van der Waals surface area contributed by atoms with Gasteiger partial charge in [-0.15, -0.1) is 0 Å². The third-order valence-electron chi connectivity index (χ3n) is 10.4. The van der Waals surface area contributed by atoms with Gasteiger partial charge in [-0.1, -0.05) is 18.6 Å². The summed E-state index contributed by atoms with van der Waals surface area (Å²) in [6.07, 6.45) is 14.4. The van der Waals surface area contributed by atoms with Gasteiger partial charge in [0, 0.05) is 18.6 Å². The minimum atomic E-state index is 0.519. The second-order valence-electron chi connectivity index (χ2n) is 11.2. The van der Waals surface area contributed by atoms with E-state index in [2.05, 4.69) is 50.9 Å². The van der Waals surface area contributed by atoms with Crippen molar-refractivity contribution in [3.8, 4) is 0 Å². The summed E-state index contributed by atoms with van der Waals surface area (Å²) in [6.45, 7) is 6.56. The zero-order valence-corrected chi connectivity index (χ0v) is 17.8. The molecule has 3 saturated carbocycles. The van der Waals surface area contributed by atoms with Crippen molar-refractivity contribution in [3.05, 3.63) is 11.6 Å². The van der Waals surface area contributed by atoms with Gasteiger partial charge < -0.3 is 9.80 Å². The van der Waals surface area contributed by atoms with E-state index in [0.29, 0.717) is 10.8 Å². The van der Waals surface area contributed by atoms with Gasteiger partial charge in [0.1, 0.15) is 0 Å². The Labute approximate surface area is 161 Å². The lowest BCUT2D eigenvalue weighted by atomic mass is 9.47. The Balaban J connectivity index is 1.45. The van der Waals surface area contributed by atoms with Gasteiger partial charge in [0.2, 0.25) is 0 Å². The Hall–Kier alpha value is -0.340. The first-order chi connectivity index (χ1) is 12.4. The van der Waals surface area contributed by atoms with E-state index in [-0.39, 0.29) is 0 Å². The lowest BCUT2D eigenvalue weighted by Crippen LogP contribution is -2.52. The molecule has 26 heavy (non-hydrogen) atoms. The molecule has 4 fully saturated rings. The maximum atomic E-state index is 2.74. The number of nitrogens with zero attached hydrogens (tertiary/aromatic N) is 2. The Bertz CT molecular complexity index is 609. The Morgan fingerprint density at radius 3 is 2.58 bits per heavy atom. The van der Waals surface area contributed by atoms with Crippen LogP contribution in [0, 0.1) is 34.5 Å². The summed E-state index contributed by atoms with van der Waals surface area (Å²) in [5, 5.41) is 0. The predicted octanol–water partition coefficient (Wildman–Crippen LogP) is 4.81. The van der Waals surface area contributed by atoms with Crippen LogP contribution in [0.3, 0.4) is 0 Å². The summed E-state index contributed by atoms with van der Waals surface area (Å²) in [7, 11) is 6.95. The number of allylic oxidation sites excluding steroid dienone is 1. The molecule has 146 valence electrons. The van der Waals surface area contributed by atoms with Gasteiger partial charge in [-0.25, -0.2) is 0 Å². The van der Waals surface area contributed by atoms with Gasteiger partial charge in [-0.3, -0.25) is 0 Å². The first-order valence-electron chi connectivity index (χ1n) is 11.4. The monoisotopic (exact) mass is 356 g/mol. The average molecular weight is 357 g/mol. The lowest BCUT2D eigenvalue weighted by molar-refractivity contribution is -0.0430. The van der Waals surface area contributed by atoms with Crippen molar-refractivity contribution < 1.29 is 0 Å². The van der Waals surface area contributed by atoms with E-state index in [9.17, 15) is 0 Å². The number of likely N-dealkylation sites (tertiary alicyclic amines) is 1. The molecule has 0 aromatic rings. The predicted molar refractivity (Wildman–Crippen MR) is 109 cm³/mol. The highest BCUT2D eigenvalue weighted by molar-refractivity contribution is 5.26. The van der Waals surface area contributed by atoms with E-state index in [4.69, 9.17) is 0 Å². The number of fused-ring (bicyclic) bond motifs is 4. The maximum Gasteiger partial charge on any atom is 0.0127 e. The molecule has 1 heterocycles. The molecular formula is C24H40N2. The molecule has 5 rings (SSSR count). The molecule has 0 aromatic heterocycles. The first-order valence-corrected chi connectivity index (χ1v) is 11.4. The van der Waals surface area contributed by atoms with E-state index in [1.165, 1.54) is 57.9 Å². The smallest absolute Gasteiger partial charge is 0.0127 e. The Morgan fingerprint density at radius 1 is 1.04 bits per heavy atom. The van der Waals surface area contributed by atoms with E-state index in [0.717, 1.165) is 35.8 Å². The van der Waals surface area contributed by atoms with Crippen LogP contribution in [0.2, 0.25) is 0 Å². The van der Waals surface area contributed by atoms with Crippen LogP contribution in [0.4, 0.5) is 0 Å². The molecule has 2 nitrogen and oxygen atoms in total.